The highest BCUT2D eigenvalue weighted by Gasteiger charge is 2.46. The van der Waals surface area contributed by atoms with Crippen LogP contribution in [-0.2, 0) is 16.1 Å². The van der Waals surface area contributed by atoms with Crippen LogP contribution in [0, 0.1) is 0 Å². The van der Waals surface area contributed by atoms with Gasteiger partial charge in [-0.25, -0.2) is 4.98 Å². The van der Waals surface area contributed by atoms with Gasteiger partial charge in [0.2, 0.25) is 0 Å². The summed E-state index contributed by atoms with van der Waals surface area (Å²) in [5, 5.41) is 11.5. The number of amides is 1. The van der Waals surface area contributed by atoms with Gasteiger partial charge in [0.25, 0.3) is 11.7 Å². The molecule has 224 valence electrons. The van der Waals surface area contributed by atoms with Crippen molar-refractivity contribution in [2.45, 2.75) is 65.5 Å². The molecule has 0 aliphatic carbocycles. The lowest BCUT2D eigenvalue weighted by Gasteiger charge is -2.26. The SMILES string of the molecule is CCCCCOc1ccc(C2/C(=C(\O)c3ccc(OCCC)cc3)C(=O)C(=O)N2CCCn2ccnc2)cc1OCC. The van der Waals surface area contributed by atoms with Gasteiger partial charge in [-0.2, -0.15) is 0 Å². The van der Waals surface area contributed by atoms with Gasteiger partial charge in [0.05, 0.1) is 37.8 Å². The Morgan fingerprint density at radius 1 is 0.881 bits per heavy atom. The Labute approximate surface area is 247 Å². The van der Waals surface area contributed by atoms with Crippen molar-refractivity contribution in [1.82, 2.24) is 14.5 Å². The molecule has 0 saturated carbocycles. The lowest BCUT2D eigenvalue weighted by molar-refractivity contribution is -0.139. The number of Topliss-reactive ketones (excluding diaryl/α,β-unsaturated/α-hetero) is 1. The fraction of sp³-hybridized carbons (Fsp3) is 0.424. The van der Waals surface area contributed by atoms with Crippen molar-refractivity contribution in [3.05, 3.63) is 77.9 Å². The lowest BCUT2D eigenvalue weighted by Crippen LogP contribution is -2.31. The van der Waals surface area contributed by atoms with Crippen molar-refractivity contribution in [2.24, 2.45) is 0 Å². The summed E-state index contributed by atoms with van der Waals surface area (Å²) in [7, 11) is 0. The van der Waals surface area contributed by atoms with E-state index in [0.29, 0.717) is 67.7 Å². The lowest BCUT2D eigenvalue weighted by atomic mass is 9.95. The highest BCUT2D eigenvalue weighted by atomic mass is 16.5. The maximum Gasteiger partial charge on any atom is 0.295 e. The van der Waals surface area contributed by atoms with Gasteiger partial charge in [-0.15, -0.1) is 0 Å². The summed E-state index contributed by atoms with van der Waals surface area (Å²) >= 11 is 0. The largest absolute Gasteiger partial charge is 0.507 e. The molecule has 0 bridgehead atoms. The van der Waals surface area contributed by atoms with Gasteiger partial charge in [0.15, 0.2) is 11.5 Å². The van der Waals surface area contributed by atoms with Crippen molar-refractivity contribution < 1.29 is 28.9 Å². The third-order valence-corrected chi connectivity index (χ3v) is 7.10. The maximum absolute atomic E-state index is 13.5. The van der Waals surface area contributed by atoms with E-state index in [9.17, 15) is 14.7 Å². The predicted molar refractivity (Wildman–Crippen MR) is 161 cm³/mol. The standard InChI is InChI=1S/C33H41N3O6/c1-4-7-8-21-42-27-15-12-25(22-28(27)40-6-3)30-29(31(37)24-10-13-26(14-11-24)41-20-5-2)32(38)33(39)36(30)18-9-17-35-19-16-34-23-35/h10-16,19,22-23,30,37H,4-9,17-18,20-21H2,1-3H3/b31-29+. The molecule has 1 unspecified atom stereocenters. The number of ketones is 1. The van der Waals surface area contributed by atoms with Crippen LogP contribution in [0.3, 0.4) is 0 Å². The zero-order chi connectivity index (χ0) is 29.9. The van der Waals surface area contributed by atoms with E-state index in [2.05, 4.69) is 11.9 Å². The number of unbranched alkanes of at least 4 members (excludes halogenated alkanes) is 2. The average molecular weight is 576 g/mol. The first kappa shape index (κ1) is 30.7. The minimum atomic E-state index is -0.794. The van der Waals surface area contributed by atoms with E-state index in [1.165, 1.54) is 4.90 Å². The van der Waals surface area contributed by atoms with Crippen LogP contribution in [0.4, 0.5) is 0 Å². The molecule has 1 fully saturated rings. The third kappa shape index (κ3) is 7.32. The summed E-state index contributed by atoms with van der Waals surface area (Å²) in [5.41, 5.74) is 1.13. The number of ether oxygens (including phenoxy) is 3. The predicted octanol–water partition coefficient (Wildman–Crippen LogP) is 6.15. The van der Waals surface area contributed by atoms with Crippen molar-refractivity contribution >= 4 is 17.4 Å². The molecule has 0 radical (unpaired) electrons. The Bertz CT molecular complexity index is 1350. The highest BCUT2D eigenvalue weighted by molar-refractivity contribution is 6.46. The molecule has 1 saturated heterocycles. The van der Waals surface area contributed by atoms with Crippen LogP contribution in [0.15, 0.2) is 66.8 Å². The minimum Gasteiger partial charge on any atom is -0.507 e. The first-order chi connectivity index (χ1) is 20.5. The third-order valence-electron chi connectivity index (χ3n) is 7.10. The number of carbonyl (C=O) groups excluding carboxylic acids is 2. The monoisotopic (exact) mass is 575 g/mol. The van der Waals surface area contributed by atoms with E-state index in [0.717, 1.165) is 25.7 Å². The van der Waals surface area contributed by atoms with Crippen LogP contribution in [0.2, 0.25) is 0 Å². The second-order valence-corrected chi connectivity index (χ2v) is 10.2. The number of imidazole rings is 1. The first-order valence-electron chi connectivity index (χ1n) is 14.8. The molecular formula is C33H41N3O6. The number of aryl methyl sites for hydroxylation is 1. The van der Waals surface area contributed by atoms with Crippen LogP contribution in [0.25, 0.3) is 5.76 Å². The molecule has 4 rings (SSSR count). The Morgan fingerprint density at radius 2 is 1.69 bits per heavy atom. The van der Waals surface area contributed by atoms with Crippen molar-refractivity contribution in [3.8, 4) is 17.2 Å². The number of hydrogen-bond acceptors (Lipinski definition) is 7. The van der Waals surface area contributed by atoms with Crippen molar-refractivity contribution in [1.29, 1.82) is 0 Å². The number of nitrogens with zero attached hydrogens (tertiary/aromatic N) is 3. The number of benzene rings is 2. The molecule has 1 amide bonds. The zero-order valence-corrected chi connectivity index (χ0v) is 24.8. The molecule has 1 aromatic heterocycles. The van der Waals surface area contributed by atoms with Crippen LogP contribution in [0.1, 0.15) is 70.0 Å². The fourth-order valence-electron chi connectivity index (χ4n) is 5.00. The summed E-state index contributed by atoms with van der Waals surface area (Å²) in [4.78, 5) is 32.5. The van der Waals surface area contributed by atoms with Gasteiger partial charge in [0.1, 0.15) is 11.5 Å². The summed E-state index contributed by atoms with van der Waals surface area (Å²) in [6.45, 7) is 8.57. The normalized spacial score (nSPS) is 16.2. The minimum absolute atomic E-state index is 0.0453. The molecule has 42 heavy (non-hydrogen) atoms. The van der Waals surface area contributed by atoms with Gasteiger partial charge in [-0.05, 0) is 68.1 Å². The molecule has 9 nitrogen and oxygen atoms in total. The highest BCUT2D eigenvalue weighted by Crippen LogP contribution is 2.42. The van der Waals surface area contributed by atoms with Crippen molar-refractivity contribution in [3.63, 3.8) is 0 Å². The number of aliphatic hydroxyl groups is 1. The van der Waals surface area contributed by atoms with Crippen LogP contribution < -0.4 is 14.2 Å². The van der Waals surface area contributed by atoms with Crippen LogP contribution >= 0.6 is 0 Å². The summed E-state index contributed by atoms with van der Waals surface area (Å²) < 4.78 is 19.5. The van der Waals surface area contributed by atoms with Gasteiger partial charge in [-0.1, -0.05) is 32.8 Å². The van der Waals surface area contributed by atoms with E-state index < -0.39 is 17.7 Å². The molecule has 1 atom stereocenters. The number of aliphatic hydroxyl groups excluding tert-OH is 1. The molecule has 1 N–H and O–H groups in total. The van der Waals surface area contributed by atoms with E-state index >= 15 is 0 Å². The number of aromatic nitrogens is 2. The zero-order valence-electron chi connectivity index (χ0n) is 24.8. The van der Waals surface area contributed by atoms with E-state index in [-0.39, 0.29) is 11.3 Å². The van der Waals surface area contributed by atoms with E-state index in [1.54, 1.807) is 36.8 Å². The number of carbonyl (C=O) groups is 2. The summed E-state index contributed by atoms with van der Waals surface area (Å²) in [6, 6.07) is 11.6. The fourth-order valence-corrected chi connectivity index (χ4v) is 5.00. The van der Waals surface area contributed by atoms with Crippen molar-refractivity contribution in [2.75, 3.05) is 26.4 Å². The quantitative estimate of drug-likeness (QED) is 0.0945. The molecule has 1 aliphatic heterocycles. The molecule has 0 spiro atoms. The Hall–Kier alpha value is -4.27. The van der Waals surface area contributed by atoms with Gasteiger partial charge in [-0.3, -0.25) is 9.59 Å². The number of hydrogen-bond donors (Lipinski definition) is 1. The molecule has 2 heterocycles. The van der Waals surface area contributed by atoms with Gasteiger partial charge in [0, 0.05) is 31.0 Å². The molecular weight excluding hydrogens is 534 g/mol. The Balaban J connectivity index is 1.71. The first-order valence-corrected chi connectivity index (χ1v) is 14.8. The van der Waals surface area contributed by atoms with Gasteiger partial charge < -0.3 is 28.8 Å². The smallest absolute Gasteiger partial charge is 0.295 e. The Morgan fingerprint density at radius 3 is 2.38 bits per heavy atom. The molecule has 1 aliphatic rings. The summed E-state index contributed by atoms with van der Waals surface area (Å²) in [5.74, 6) is 0.220. The summed E-state index contributed by atoms with van der Waals surface area (Å²) in [6.07, 6.45) is 9.84. The molecule has 3 aromatic rings. The van der Waals surface area contributed by atoms with Gasteiger partial charge >= 0.3 is 0 Å². The van der Waals surface area contributed by atoms with E-state index in [4.69, 9.17) is 14.2 Å². The molecule has 9 heteroatoms. The topological polar surface area (TPSA) is 103 Å². The second kappa shape index (κ2) is 15.1. The Kier molecular flexibility index (Phi) is 11.0. The van der Waals surface area contributed by atoms with Crippen LogP contribution in [-0.4, -0.2) is 57.6 Å². The number of likely N-dealkylation sites (tertiary alicyclic amines) is 1. The molecule has 2 aromatic carbocycles. The maximum atomic E-state index is 13.5. The van der Waals surface area contributed by atoms with Crippen LogP contribution in [0.5, 0.6) is 17.2 Å². The number of rotatable bonds is 16. The second-order valence-electron chi connectivity index (χ2n) is 10.2. The average Bonchev–Trinajstić information content (AvgIpc) is 3.61. The van der Waals surface area contributed by atoms with E-state index in [1.807, 2.05) is 42.8 Å².